The van der Waals surface area contributed by atoms with Crippen LogP contribution in [0.3, 0.4) is 0 Å². The van der Waals surface area contributed by atoms with Gasteiger partial charge in [-0.05, 0) is 89.6 Å². The van der Waals surface area contributed by atoms with Gasteiger partial charge in [-0.15, -0.1) is 0 Å². The second-order valence-electron chi connectivity index (χ2n) is 10.6. The number of carbonyl (C=O) groups is 2. The van der Waals surface area contributed by atoms with E-state index < -0.39 is 11.9 Å². The zero-order chi connectivity index (χ0) is 27.5. The molecule has 2 aromatic rings. The number of aryl methyl sites for hydroxylation is 1. The van der Waals surface area contributed by atoms with Gasteiger partial charge in [-0.2, -0.15) is 0 Å². The lowest BCUT2D eigenvalue weighted by atomic mass is 9.88. The number of aromatic nitrogens is 2. The number of carboxylic acids is 2. The number of rotatable bonds is 9. The third kappa shape index (κ3) is 8.75. The van der Waals surface area contributed by atoms with Gasteiger partial charge in [0.15, 0.2) is 0 Å². The summed E-state index contributed by atoms with van der Waals surface area (Å²) in [7, 11) is 0. The van der Waals surface area contributed by atoms with Crippen LogP contribution in [0, 0.1) is 0 Å². The molecule has 1 saturated carbocycles. The van der Waals surface area contributed by atoms with Gasteiger partial charge in [0.2, 0.25) is 0 Å². The smallest absolute Gasteiger partial charge is 0.414 e. The molecule has 1 aromatic carbocycles. The fourth-order valence-corrected chi connectivity index (χ4v) is 5.50. The lowest BCUT2D eigenvalue weighted by Gasteiger charge is -2.33. The van der Waals surface area contributed by atoms with Crippen molar-refractivity contribution in [3.05, 3.63) is 52.7 Å². The molecule has 0 radical (unpaired) electrons. The molecule has 0 atom stereocenters. The number of unbranched alkanes of at least 4 members (excludes halogenated alkanes) is 1. The Kier molecular flexibility index (Phi) is 11.5. The molecular weight excluding hydrogens is 486 g/mol. The summed E-state index contributed by atoms with van der Waals surface area (Å²) in [6, 6.07) is 9.00. The van der Waals surface area contributed by atoms with Crippen molar-refractivity contribution < 1.29 is 24.5 Å². The number of ether oxygens (including phenoxy) is 1. The van der Waals surface area contributed by atoms with Gasteiger partial charge in [0.1, 0.15) is 5.75 Å². The molecule has 0 spiro atoms. The molecule has 38 heavy (non-hydrogen) atoms. The number of piperidine rings is 1. The molecule has 210 valence electrons. The highest BCUT2D eigenvalue weighted by Gasteiger charge is 2.23. The highest BCUT2D eigenvalue weighted by Crippen LogP contribution is 2.34. The van der Waals surface area contributed by atoms with E-state index in [4.69, 9.17) is 24.5 Å². The SMILES string of the molecule is CC(C)Oc1ccccc1C1CCN(CCCCn2ccn(C3CCCCC3)c2=O)CC1.O=C(O)C(=O)O. The summed E-state index contributed by atoms with van der Waals surface area (Å²) in [6.45, 7) is 8.47. The van der Waals surface area contributed by atoms with E-state index in [9.17, 15) is 4.79 Å². The van der Waals surface area contributed by atoms with Crippen LogP contribution in [0.15, 0.2) is 41.5 Å². The number of aliphatic carboxylic acids is 2. The third-order valence-electron chi connectivity index (χ3n) is 7.46. The van der Waals surface area contributed by atoms with E-state index in [0.717, 1.165) is 57.6 Å². The van der Waals surface area contributed by atoms with Crippen molar-refractivity contribution in [3.63, 3.8) is 0 Å². The fraction of sp³-hybridized carbons (Fsp3) is 0.621. The Labute approximate surface area is 225 Å². The Morgan fingerprint density at radius 1 is 0.921 bits per heavy atom. The number of hydrogen-bond donors (Lipinski definition) is 2. The second-order valence-corrected chi connectivity index (χ2v) is 10.6. The molecule has 0 bridgehead atoms. The Bertz CT molecular complexity index is 1070. The fourth-order valence-electron chi connectivity index (χ4n) is 5.50. The number of para-hydroxylation sites is 1. The van der Waals surface area contributed by atoms with Crippen LogP contribution in [0.25, 0.3) is 0 Å². The summed E-state index contributed by atoms with van der Waals surface area (Å²) in [6.07, 6.45) is 15.0. The van der Waals surface area contributed by atoms with Crippen molar-refractivity contribution in [2.45, 2.75) is 96.2 Å². The maximum atomic E-state index is 12.7. The van der Waals surface area contributed by atoms with E-state index in [1.165, 1.54) is 37.7 Å². The van der Waals surface area contributed by atoms with E-state index in [0.29, 0.717) is 12.0 Å². The Balaban J connectivity index is 0.000000599. The van der Waals surface area contributed by atoms with Crippen LogP contribution in [-0.4, -0.2) is 61.9 Å². The van der Waals surface area contributed by atoms with Crippen LogP contribution < -0.4 is 10.4 Å². The minimum absolute atomic E-state index is 0.194. The molecule has 0 amide bonds. The van der Waals surface area contributed by atoms with Crippen LogP contribution in [0.4, 0.5) is 0 Å². The summed E-state index contributed by atoms with van der Waals surface area (Å²) >= 11 is 0. The molecule has 4 rings (SSSR count). The maximum Gasteiger partial charge on any atom is 0.414 e. The quantitative estimate of drug-likeness (QED) is 0.356. The minimum atomic E-state index is -1.82. The Morgan fingerprint density at radius 3 is 2.18 bits per heavy atom. The van der Waals surface area contributed by atoms with E-state index in [1.807, 2.05) is 21.5 Å². The maximum absolute atomic E-state index is 12.7. The molecular formula is C29H43N3O6. The van der Waals surface area contributed by atoms with E-state index in [2.05, 4.69) is 43.0 Å². The predicted octanol–water partition coefficient (Wildman–Crippen LogP) is 4.76. The number of hydrogen-bond acceptors (Lipinski definition) is 5. The molecule has 2 heterocycles. The lowest BCUT2D eigenvalue weighted by Crippen LogP contribution is -2.34. The average molecular weight is 530 g/mol. The summed E-state index contributed by atoms with van der Waals surface area (Å²) in [5.41, 5.74) is 1.57. The molecule has 2 N–H and O–H groups in total. The van der Waals surface area contributed by atoms with Crippen LogP contribution >= 0.6 is 0 Å². The van der Waals surface area contributed by atoms with Crippen molar-refractivity contribution in [1.82, 2.24) is 14.0 Å². The standard InChI is InChI=1S/C27H41N3O2.C2H2O4/c1-22(2)32-26-13-7-6-12-25(26)23-14-18-28(19-15-23)16-8-9-17-29-20-21-30(27(29)31)24-10-4-3-5-11-24;3-1(4)2(5)6/h6-7,12-13,20-24H,3-5,8-11,14-19H2,1-2H3;(H,3,4)(H,5,6). The van der Waals surface area contributed by atoms with Crippen molar-refractivity contribution in [1.29, 1.82) is 0 Å². The van der Waals surface area contributed by atoms with Crippen molar-refractivity contribution in [2.75, 3.05) is 19.6 Å². The van der Waals surface area contributed by atoms with Gasteiger partial charge >= 0.3 is 17.6 Å². The van der Waals surface area contributed by atoms with E-state index in [-0.39, 0.29) is 11.8 Å². The van der Waals surface area contributed by atoms with Gasteiger partial charge in [-0.3, -0.25) is 9.13 Å². The number of carboxylic acid groups (broad SMARTS) is 2. The lowest BCUT2D eigenvalue weighted by molar-refractivity contribution is -0.159. The van der Waals surface area contributed by atoms with Gasteiger partial charge in [0.05, 0.1) is 6.10 Å². The number of imidazole rings is 1. The Morgan fingerprint density at radius 2 is 1.55 bits per heavy atom. The van der Waals surface area contributed by atoms with Gasteiger partial charge < -0.3 is 19.8 Å². The molecule has 1 saturated heterocycles. The van der Waals surface area contributed by atoms with Crippen LogP contribution in [-0.2, 0) is 16.1 Å². The van der Waals surface area contributed by atoms with Crippen molar-refractivity contribution in [2.24, 2.45) is 0 Å². The summed E-state index contributed by atoms with van der Waals surface area (Å²) in [5.74, 6) is -1.99. The topological polar surface area (TPSA) is 114 Å². The molecule has 1 aliphatic carbocycles. The largest absolute Gasteiger partial charge is 0.491 e. The van der Waals surface area contributed by atoms with E-state index in [1.54, 1.807) is 0 Å². The molecule has 9 heteroatoms. The van der Waals surface area contributed by atoms with Gasteiger partial charge in [-0.1, -0.05) is 37.5 Å². The summed E-state index contributed by atoms with van der Waals surface area (Å²) in [5, 5.41) is 14.8. The number of benzene rings is 1. The van der Waals surface area contributed by atoms with Crippen LogP contribution in [0.1, 0.15) is 89.2 Å². The van der Waals surface area contributed by atoms with Crippen molar-refractivity contribution in [3.8, 4) is 5.75 Å². The third-order valence-corrected chi connectivity index (χ3v) is 7.46. The van der Waals surface area contributed by atoms with E-state index >= 15 is 0 Å². The highest BCUT2D eigenvalue weighted by atomic mass is 16.5. The van der Waals surface area contributed by atoms with Crippen molar-refractivity contribution >= 4 is 11.9 Å². The molecule has 9 nitrogen and oxygen atoms in total. The van der Waals surface area contributed by atoms with Gasteiger partial charge in [0.25, 0.3) is 0 Å². The van der Waals surface area contributed by atoms with Gasteiger partial charge in [-0.25, -0.2) is 14.4 Å². The van der Waals surface area contributed by atoms with Crippen LogP contribution in [0.2, 0.25) is 0 Å². The zero-order valence-corrected chi connectivity index (χ0v) is 22.8. The normalized spacial score (nSPS) is 17.1. The minimum Gasteiger partial charge on any atom is -0.491 e. The molecule has 2 fully saturated rings. The number of nitrogens with zero attached hydrogens (tertiary/aromatic N) is 3. The average Bonchev–Trinajstić information content (AvgIpc) is 3.28. The first-order valence-corrected chi connectivity index (χ1v) is 14.0. The highest BCUT2D eigenvalue weighted by molar-refractivity contribution is 6.27. The summed E-state index contributed by atoms with van der Waals surface area (Å²) in [4.78, 5) is 33.5. The van der Waals surface area contributed by atoms with Crippen LogP contribution in [0.5, 0.6) is 5.75 Å². The second kappa shape index (κ2) is 14.8. The predicted molar refractivity (Wildman–Crippen MR) is 146 cm³/mol. The zero-order valence-electron chi connectivity index (χ0n) is 22.8. The first-order chi connectivity index (χ1) is 18.3. The summed E-state index contributed by atoms with van der Waals surface area (Å²) < 4.78 is 9.97. The monoisotopic (exact) mass is 529 g/mol. The first-order valence-electron chi connectivity index (χ1n) is 14.0. The van der Waals surface area contributed by atoms with Gasteiger partial charge in [0, 0.05) is 25.0 Å². The number of likely N-dealkylation sites (tertiary alicyclic amines) is 1. The molecule has 0 unspecified atom stereocenters. The molecule has 1 aromatic heterocycles. The molecule has 1 aliphatic heterocycles. The molecule has 2 aliphatic rings. The first kappa shape index (κ1) is 29.5. The Hall–Kier alpha value is -3.07.